The molecule has 2 atom stereocenters. The van der Waals surface area contributed by atoms with E-state index in [2.05, 4.69) is 36.1 Å². The molecule has 0 aliphatic heterocycles. The number of amides is 1. The Balaban J connectivity index is 2.17. The third kappa shape index (κ3) is 9.26. The van der Waals surface area contributed by atoms with Gasteiger partial charge in [0.25, 0.3) is 0 Å². The third-order valence-electron chi connectivity index (χ3n) is 5.60. The molecule has 0 fully saturated rings. The van der Waals surface area contributed by atoms with Gasteiger partial charge in [-0.3, -0.25) is 9.69 Å². The number of ether oxygens (including phenoxy) is 1. The van der Waals surface area contributed by atoms with Crippen LogP contribution in [-0.2, 0) is 16.1 Å². The van der Waals surface area contributed by atoms with Crippen LogP contribution in [0.5, 0.6) is 0 Å². The molecule has 180 valence electrons. The van der Waals surface area contributed by atoms with Gasteiger partial charge in [-0.2, -0.15) is 0 Å². The number of carboxylic acids is 1. The molecule has 0 saturated carbocycles. The first-order valence-electron chi connectivity index (χ1n) is 11.6. The van der Waals surface area contributed by atoms with Gasteiger partial charge in [0.05, 0.1) is 6.42 Å². The van der Waals surface area contributed by atoms with E-state index < -0.39 is 11.6 Å². The molecule has 0 saturated heterocycles. The highest BCUT2D eigenvalue weighted by molar-refractivity contribution is 5.68. The summed E-state index contributed by atoms with van der Waals surface area (Å²) in [7, 11) is 1.72. The Morgan fingerprint density at radius 3 is 2.12 bits per heavy atom. The van der Waals surface area contributed by atoms with Crippen LogP contribution >= 0.6 is 0 Å². The second-order valence-corrected chi connectivity index (χ2v) is 9.54. The Morgan fingerprint density at radius 2 is 1.58 bits per heavy atom. The Morgan fingerprint density at radius 1 is 1.00 bits per heavy atom. The number of hydrogen-bond acceptors (Lipinski definition) is 4. The number of carbonyl (C=O) groups excluding carboxylic acids is 1. The number of hydrogen-bond donors (Lipinski definition) is 1. The molecular formula is C27H38N2O4. The standard InChI is InChI=1S/C27H38N2O4/c1-21(23-15-10-7-11-16-23)29(20-22-13-8-6-9-14-22)24(19-25(30)31)17-12-18-28(5)26(32)33-27(2,3)4/h6-11,13-16,21,24H,12,17-20H2,1-5H3,(H,30,31)/t21-,24?/m0/s1. The van der Waals surface area contributed by atoms with Crippen LogP contribution < -0.4 is 0 Å². The number of nitrogens with zero attached hydrogens (tertiary/aromatic N) is 2. The molecule has 0 aliphatic carbocycles. The molecule has 0 aliphatic rings. The molecule has 1 N–H and O–H groups in total. The Kier molecular flexibility index (Phi) is 9.92. The maximum atomic E-state index is 12.3. The van der Waals surface area contributed by atoms with Gasteiger partial charge < -0.3 is 14.7 Å². The lowest BCUT2D eigenvalue weighted by atomic mass is 9.98. The summed E-state index contributed by atoms with van der Waals surface area (Å²) >= 11 is 0. The van der Waals surface area contributed by atoms with Crippen LogP contribution in [0.2, 0.25) is 0 Å². The summed E-state index contributed by atoms with van der Waals surface area (Å²) in [5.41, 5.74) is 1.74. The summed E-state index contributed by atoms with van der Waals surface area (Å²) < 4.78 is 5.43. The first kappa shape index (κ1) is 26.4. The molecule has 0 heterocycles. The molecule has 0 radical (unpaired) electrons. The fourth-order valence-electron chi connectivity index (χ4n) is 3.88. The lowest BCUT2D eigenvalue weighted by Crippen LogP contribution is -2.39. The van der Waals surface area contributed by atoms with Crippen LogP contribution in [0.25, 0.3) is 0 Å². The minimum absolute atomic E-state index is 0.0411. The van der Waals surface area contributed by atoms with Crippen molar-refractivity contribution in [1.82, 2.24) is 9.80 Å². The maximum absolute atomic E-state index is 12.3. The van der Waals surface area contributed by atoms with Gasteiger partial charge in [-0.15, -0.1) is 0 Å². The van der Waals surface area contributed by atoms with Gasteiger partial charge in [-0.05, 0) is 51.7 Å². The van der Waals surface area contributed by atoms with E-state index in [0.717, 1.165) is 11.1 Å². The average Bonchev–Trinajstić information content (AvgIpc) is 2.76. The highest BCUT2D eigenvalue weighted by atomic mass is 16.6. The van der Waals surface area contributed by atoms with Crippen LogP contribution in [0.3, 0.4) is 0 Å². The molecule has 1 unspecified atom stereocenters. The minimum atomic E-state index is -0.821. The van der Waals surface area contributed by atoms with Gasteiger partial charge in [0.2, 0.25) is 0 Å². The molecule has 2 rings (SSSR count). The Bertz CT molecular complexity index is 865. The lowest BCUT2D eigenvalue weighted by Gasteiger charge is -2.37. The van der Waals surface area contributed by atoms with Crippen LogP contribution in [-0.4, -0.2) is 52.2 Å². The van der Waals surface area contributed by atoms with Crippen LogP contribution in [0.4, 0.5) is 4.79 Å². The Labute approximate surface area is 198 Å². The normalized spacial score (nSPS) is 13.4. The van der Waals surface area contributed by atoms with Crippen molar-refractivity contribution in [2.75, 3.05) is 13.6 Å². The molecule has 2 aromatic carbocycles. The van der Waals surface area contributed by atoms with E-state index in [0.29, 0.717) is 25.9 Å². The van der Waals surface area contributed by atoms with E-state index in [1.54, 1.807) is 11.9 Å². The summed E-state index contributed by atoms with van der Waals surface area (Å²) in [4.78, 5) is 27.9. The maximum Gasteiger partial charge on any atom is 0.410 e. The SMILES string of the molecule is C[C@@H](c1ccccc1)N(Cc1ccccc1)C(CCCN(C)C(=O)OC(C)(C)C)CC(=O)O. The summed E-state index contributed by atoms with van der Waals surface area (Å²) in [5.74, 6) is -0.821. The monoisotopic (exact) mass is 454 g/mol. The fourth-order valence-corrected chi connectivity index (χ4v) is 3.88. The van der Waals surface area contributed by atoms with E-state index in [1.165, 1.54) is 0 Å². The van der Waals surface area contributed by atoms with Gasteiger partial charge in [0, 0.05) is 32.2 Å². The smallest absolute Gasteiger partial charge is 0.410 e. The minimum Gasteiger partial charge on any atom is -0.481 e. The van der Waals surface area contributed by atoms with E-state index in [4.69, 9.17) is 4.74 Å². The number of benzene rings is 2. The van der Waals surface area contributed by atoms with E-state index in [-0.39, 0.29) is 24.6 Å². The van der Waals surface area contributed by atoms with Gasteiger partial charge >= 0.3 is 12.1 Å². The number of rotatable bonds is 11. The first-order valence-corrected chi connectivity index (χ1v) is 11.6. The molecule has 6 heteroatoms. The first-order chi connectivity index (χ1) is 15.6. The zero-order valence-corrected chi connectivity index (χ0v) is 20.5. The van der Waals surface area contributed by atoms with Crippen molar-refractivity contribution in [2.45, 2.75) is 71.2 Å². The van der Waals surface area contributed by atoms with Crippen molar-refractivity contribution in [3.63, 3.8) is 0 Å². The van der Waals surface area contributed by atoms with Crippen molar-refractivity contribution in [1.29, 1.82) is 0 Å². The molecule has 0 bridgehead atoms. The molecule has 33 heavy (non-hydrogen) atoms. The van der Waals surface area contributed by atoms with E-state index in [9.17, 15) is 14.7 Å². The van der Waals surface area contributed by atoms with Gasteiger partial charge in [-0.25, -0.2) is 4.79 Å². The summed E-state index contributed by atoms with van der Waals surface area (Å²) in [6, 6.07) is 20.2. The number of carboxylic acid groups (broad SMARTS) is 1. The quantitative estimate of drug-likeness (QED) is 0.469. The lowest BCUT2D eigenvalue weighted by molar-refractivity contribution is -0.138. The van der Waals surface area contributed by atoms with Crippen molar-refractivity contribution < 1.29 is 19.4 Å². The summed E-state index contributed by atoms with van der Waals surface area (Å²) in [6.07, 6.45) is 1.01. The van der Waals surface area contributed by atoms with Crippen molar-refractivity contribution in [3.05, 3.63) is 71.8 Å². The average molecular weight is 455 g/mol. The molecule has 1 amide bonds. The molecular weight excluding hydrogens is 416 g/mol. The summed E-state index contributed by atoms with van der Waals surface area (Å²) in [5, 5.41) is 9.66. The van der Waals surface area contributed by atoms with Crippen molar-refractivity contribution in [2.24, 2.45) is 0 Å². The number of aliphatic carboxylic acids is 1. The number of carbonyl (C=O) groups is 2. The molecule has 0 spiro atoms. The molecule has 6 nitrogen and oxygen atoms in total. The second-order valence-electron chi connectivity index (χ2n) is 9.54. The van der Waals surface area contributed by atoms with Gasteiger partial charge in [-0.1, -0.05) is 60.7 Å². The zero-order chi connectivity index (χ0) is 24.4. The van der Waals surface area contributed by atoms with Crippen molar-refractivity contribution in [3.8, 4) is 0 Å². The second kappa shape index (κ2) is 12.4. The van der Waals surface area contributed by atoms with Crippen LogP contribution in [0.15, 0.2) is 60.7 Å². The Hall–Kier alpha value is -2.86. The highest BCUT2D eigenvalue weighted by Gasteiger charge is 2.27. The highest BCUT2D eigenvalue weighted by Crippen LogP contribution is 2.28. The summed E-state index contributed by atoms with van der Waals surface area (Å²) in [6.45, 7) is 8.80. The van der Waals surface area contributed by atoms with Gasteiger partial charge in [0.1, 0.15) is 5.60 Å². The topological polar surface area (TPSA) is 70.1 Å². The predicted molar refractivity (Wildman–Crippen MR) is 131 cm³/mol. The molecule has 2 aromatic rings. The molecule has 0 aromatic heterocycles. The van der Waals surface area contributed by atoms with Crippen LogP contribution in [0.1, 0.15) is 64.1 Å². The van der Waals surface area contributed by atoms with Crippen molar-refractivity contribution >= 4 is 12.1 Å². The van der Waals surface area contributed by atoms with Crippen LogP contribution in [0, 0.1) is 0 Å². The fraction of sp³-hybridized carbons (Fsp3) is 0.481. The largest absolute Gasteiger partial charge is 0.481 e. The van der Waals surface area contributed by atoms with Gasteiger partial charge in [0.15, 0.2) is 0 Å². The zero-order valence-electron chi connectivity index (χ0n) is 20.5. The third-order valence-corrected chi connectivity index (χ3v) is 5.60. The predicted octanol–water partition coefficient (Wildman–Crippen LogP) is 5.74. The van der Waals surface area contributed by atoms with E-state index in [1.807, 2.05) is 57.2 Å². The van der Waals surface area contributed by atoms with E-state index >= 15 is 0 Å².